The third kappa shape index (κ3) is 3.34. The topological polar surface area (TPSA) is 38.0 Å². The Morgan fingerprint density at radius 2 is 1.75 bits per heavy atom. The highest BCUT2D eigenvalue weighted by Gasteiger charge is 2.12. The van der Waals surface area contributed by atoms with Gasteiger partial charge >= 0.3 is 0 Å². The van der Waals surface area contributed by atoms with Gasteiger partial charge in [0.05, 0.1) is 10.2 Å². The summed E-state index contributed by atoms with van der Waals surface area (Å²) in [6, 6.07) is 7.26. The lowest BCUT2D eigenvalue weighted by Crippen LogP contribution is -2.12. The SMILES string of the molecule is NC(=S)c1ccc(Br)cc1Nc1cc(F)c(Br)cc1F. The smallest absolute Gasteiger partial charge is 0.147 e. The lowest BCUT2D eigenvalue weighted by molar-refractivity contribution is 0.598. The van der Waals surface area contributed by atoms with Crippen molar-refractivity contribution < 1.29 is 8.78 Å². The second-order valence-electron chi connectivity index (χ2n) is 3.93. The molecule has 20 heavy (non-hydrogen) atoms. The van der Waals surface area contributed by atoms with Gasteiger partial charge in [0.15, 0.2) is 0 Å². The Balaban J connectivity index is 2.47. The molecule has 104 valence electrons. The van der Waals surface area contributed by atoms with Gasteiger partial charge in [-0.25, -0.2) is 8.78 Å². The molecule has 0 amide bonds. The van der Waals surface area contributed by atoms with E-state index in [0.717, 1.165) is 16.6 Å². The van der Waals surface area contributed by atoms with Crippen LogP contribution in [0.5, 0.6) is 0 Å². The van der Waals surface area contributed by atoms with Crippen LogP contribution in [0.4, 0.5) is 20.2 Å². The standard InChI is InChI=1S/C13H8Br2F2N2S/c14-6-1-2-7(13(18)20)11(3-6)19-12-5-9(16)8(15)4-10(12)17/h1-5,19H,(H2,18,20). The summed E-state index contributed by atoms with van der Waals surface area (Å²) in [5, 5.41) is 2.80. The number of rotatable bonds is 3. The molecule has 0 spiro atoms. The molecule has 3 N–H and O–H groups in total. The molecule has 0 radical (unpaired) electrons. The average molecular weight is 422 g/mol. The number of halogens is 4. The van der Waals surface area contributed by atoms with E-state index in [0.29, 0.717) is 11.3 Å². The summed E-state index contributed by atoms with van der Waals surface area (Å²) in [7, 11) is 0. The van der Waals surface area contributed by atoms with E-state index in [-0.39, 0.29) is 15.1 Å². The number of benzene rings is 2. The molecule has 0 aliphatic rings. The molecule has 0 saturated carbocycles. The number of nitrogens with one attached hydrogen (secondary N) is 1. The van der Waals surface area contributed by atoms with Gasteiger partial charge < -0.3 is 11.1 Å². The maximum atomic E-state index is 13.8. The minimum absolute atomic E-state index is 0.00120. The van der Waals surface area contributed by atoms with Crippen molar-refractivity contribution in [2.24, 2.45) is 5.73 Å². The van der Waals surface area contributed by atoms with Gasteiger partial charge in [0.1, 0.15) is 16.6 Å². The van der Waals surface area contributed by atoms with Crippen molar-refractivity contribution in [3.8, 4) is 0 Å². The predicted molar refractivity (Wildman–Crippen MR) is 87.4 cm³/mol. The fourth-order valence-corrected chi connectivity index (χ4v) is 2.45. The minimum Gasteiger partial charge on any atom is -0.389 e. The minimum atomic E-state index is -0.591. The molecule has 0 aromatic heterocycles. The van der Waals surface area contributed by atoms with Gasteiger partial charge in [-0.15, -0.1) is 0 Å². The van der Waals surface area contributed by atoms with E-state index in [9.17, 15) is 8.78 Å². The molecule has 0 fully saturated rings. The number of nitrogens with two attached hydrogens (primary N) is 1. The molecule has 0 aliphatic carbocycles. The van der Waals surface area contributed by atoms with Gasteiger partial charge in [-0.2, -0.15) is 0 Å². The lowest BCUT2D eigenvalue weighted by atomic mass is 10.1. The van der Waals surface area contributed by atoms with Crippen molar-refractivity contribution in [1.29, 1.82) is 0 Å². The summed E-state index contributed by atoms with van der Waals surface area (Å²) in [6.45, 7) is 0. The number of anilines is 2. The molecule has 2 aromatic rings. The van der Waals surface area contributed by atoms with Gasteiger partial charge in [0.2, 0.25) is 0 Å². The third-order valence-corrected chi connectivity index (χ3v) is 3.85. The first-order chi connectivity index (χ1) is 9.38. The van der Waals surface area contributed by atoms with Crippen LogP contribution in [0, 0.1) is 11.6 Å². The number of hydrogen-bond donors (Lipinski definition) is 2. The first-order valence-electron chi connectivity index (χ1n) is 5.39. The van der Waals surface area contributed by atoms with Crippen molar-refractivity contribution in [2.75, 3.05) is 5.32 Å². The van der Waals surface area contributed by atoms with Crippen molar-refractivity contribution in [1.82, 2.24) is 0 Å². The molecule has 0 saturated heterocycles. The van der Waals surface area contributed by atoms with Gasteiger partial charge in [-0.3, -0.25) is 0 Å². The van der Waals surface area contributed by atoms with E-state index in [2.05, 4.69) is 37.2 Å². The zero-order valence-corrected chi connectivity index (χ0v) is 13.9. The maximum absolute atomic E-state index is 13.8. The maximum Gasteiger partial charge on any atom is 0.147 e. The van der Waals surface area contributed by atoms with Crippen molar-refractivity contribution in [3.05, 3.63) is 56.5 Å². The van der Waals surface area contributed by atoms with Crippen LogP contribution < -0.4 is 11.1 Å². The van der Waals surface area contributed by atoms with Crippen molar-refractivity contribution in [2.45, 2.75) is 0 Å². The van der Waals surface area contributed by atoms with E-state index in [1.54, 1.807) is 18.2 Å². The van der Waals surface area contributed by atoms with Gasteiger partial charge in [0.25, 0.3) is 0 Å². The first-order valence-corrected chi connectivity index (χ1v) is 7.39. The fraction of sp³-hybridized carbons (Fsp3) is 0. The molecule has 0 atom stereocenters. The average Bonchev–Trinajstić information content (AvgIpc) is 2.35. The molecule has 0 heterocycles. The monoisotopic (exact) mass is 420 g/mol. The van der Waals surface area contributed by atoms with Crippen molar-refractivity contribution >= 4 is 60.4 Å². The summed E-state index contributed by atoms with van der Waals surface area (Å²) < 4.78 is 28.1. The third-order valence-electron chi connectivity index (χ3n) is 2.53. The van der Waals surface area contributed by atoms with Crippen LogP contribution in [0.1, 0.15) is 5.56 Å². The highest BCUT2D eigenvalue weighted by molar-refractivity contribution is 9.10. The summed E-state index contributed by atoms with van der Waals surface area (Å²) in [5.41, 5.74) is 6.65. The van der Waals surface area contributed by atoms with Gasteiger partial charge in [-0.05, 0) is 40.2 Å². The van der Waals surface area contributed by atoms with Crippen LogP contribution in [-0.2, 0) is 0 Å². The largest absolute Gasteiger partial charge is 0.389 e. The number of thiocarbonyl (C=S) groups is 1. The molecule has 2 aromatic carbocycles. The summed E-state index contributed by atoms with van der Waals surface area (Å²) in [6.07, 6.45) is 0. The second kappa shape index (κ2) is 6.15. The Labute approximate surface area is 136 Å². The number of hydrogen-bond acceptors (Lipinski definition) is 2. The second-order valence-corrected chi connectivity index (χ2v) is 6.14. The van der Waals surface area contributed by atoms with Crippen LogP contribution in [0.15, 0.2) is 39.3 Å². The Morgan fingerprint density at radius 3 is 2.40 bits per heavy atom. The predicted octanol–water partition coefficient (Wildman–Crippen LogP) is 4.87. The molecule has 2 rings (SSSR count). The summed E-state index contributed by atoms with van der Waals surface area (Å²) >= 11 is 11.2. The molecule has 0 aliphatic heterocycles. The van der Waals surface area contributed by atoms with E-state index < -0.39 is 11.6 Å². The van der Waals surface area contributed by atoms with Crippen LogP contribution in [0.3, 0.4) is 0 Å². The van der Waals surface area contributed by atoms with E-state index in [4.69, 9.17) is 18.0 Å². The molecule has 7 heteroatoms. The highest BCUT2D eigenvalue weighted by Crippen LogP contribution is 2.29. The Hall–Kier alpha value is -1.05. The molecule has 0 unspecified atom stereocenters. The van der Waals surface area contributed by atoms with Crippen LogP contribution in [0.25, 0.3) is 0 Å². The zero-order chi connectivity index (χ0) is 14.9. The molecular weight excluding hydrogens is 414 g/mol. The van der Waals surface area contributed by atoms with E-state index in [1.807, 2.05) is 0 Å². The Morgan fingerprint density at radius 1 is 1.05 bits per heavy atom. The van der Waals surface area contributed by atoms with Crippen molar-refractivity contribution in [3.63, 3.8) is 0 Å². The fourth-order valence-electron chi connectivity index (χ4n) is 1.60. The first kappa shape index (κ1) is 15.3. The Kier molecular flexibility index (Phi) is 4.72. The molecular formula is C13H8Br2F2N2S. The van der Waals surface area contributed by atoms with Crippen LogP contribution >= 0.6 is 44.1 Å². The highest BCUT2D eigenvalue weighted by atomic mass is 79.9. The van der Waals surface area contributed by atoms with Gasteiger partial charge in [0, 0.05) is 21.8 Å². The van der Waals surface area contributed by atoms with E-state index in [1.165, 1.54) is 0 Å². The summed E-state index contributed by atoms with van der Waals surface area (Å²) in [5.74, 6) is -1.16. The Bertz CT molecular complexity index is 692. The lowest BCUT2D eigenvalue weighted by Gasteiger charge is -2.13. The van der Waals surface area contributed by atoms with E-state index >= 15 is 0 Å². The zero-order valence-electron chi connectivity index (χ0n) is 9.88. The molecule has 0 bridgehead atoms. The van der Waals surface area contributed by atoms with Crippen LogP contribution in [0.2, 0.25) is 0 Å². The molecule has 2 nitrogen and oxygen atoms in total. The van der Waals surface area contributed by atoms with Crippen LogP contribution in [-0.4, -0.2) is 4.99 Å². The normalized spacial score (nSPS) is 10.4. The quantitative estimate of drug-likeness (QED) is 0.548. The summed E-state index contributed by atoms with van der Waals surface area (Å²) in [4.78, 5) is 0.165. The van der Waals surface area contributed by atoms with Gasteiger partial charge in [-0.1, -0.05) is 28.1 Å².